The molecule has 0 aromatic carbocycles. The van der Waals surface area contributed by atoms with E-state index in [9.17, 15) is 4.79 Å². The molecule has 0 fully saturated rings. The Kier molecular flexibility index (Phi) is 3.19. The Balaban J connectivity index is 3.25. The molecule has 0 aromatic rings. The first-order valence-electron chi connectivity index (χ1n) is 2.09. The Bertz CT molecular complexity index is 76.1. The molecule has 0 bridgehead atoms. The van der Waals surface area contributed by atoms with Gasteiger partial charge in [0.15, 0.2) is 0 Å². The molecule has 0 spiro atoms. The van der Waals surface area contributed by atoms with Crippen molar-refractivity contribution in [1.29, 1.82) is 0 Å². The van der Waals surface area contributed by atoms with Crippen LogP contribution in [0.5, 0.6) is 0 Å². The number of carbonyl (C=O) groups excluding carboxylic acids is 1. The van der Waals surface area contributed by atoms with E-state index in [1.165, 1.54) is 6.29 Å². The van der Waals surface area contributed by atoms with Gasteiger partial charge in [0, 0.05) is 6.04 Å². The van der Waals surface area contributed by atoms with E-state index in [1.807, 2.05) is 13.8 Å². The normalized spacial score (nSPS) is 10.7. The summed E-state index contributed by atoms with van der Waals surface area (Å²) in [6, 6.07) is 0.154. The van der Waals surface area contributed by atoms with Crippen molar-refractivity contribution in [3.8, 4) is 0 Å². The predicted octanol–water partition coefficient (Wildman–Crippen LogP) is 0.452. The molecule has 0 heterocycles. The van der Waals surface area contributed by atoms with Gasteiger partial charge in [-0.15, -0.1) is 0 Å². The van der Waals surface area contributed by atoms with Gasteiger partial charge in [0.1, 0.15) is 6.21 Å². The van der Waals surface area contributed by atoms with Gasteiger partial charge in [0.05, 0.1) is 0 Å². The van der Waals surface area contributed by atoms with Crippen molar-refractivity contribution < 1.29 is 4.79 Å². The first-order valence-corrected chi connectivity index (χ1v) is 2.09. The highest BCUT2D eigenvalue weighted by Crippen LogP contribution is 1.79. The first-order chi connectivity index (χ1) is 3.27. The molecule has 0 rings (SSSR count). The van der Waals surface area contributed by atoms with E-state index in [0.29, 0.717) is 0 Å². The van der Waals surface area contributed by atoms with E-state index in [0.717, 1.165) is 0 Å². The van der Waals surface area contributed by atoms with Crippen LogP contribution in [0.2, 0.25) is 0 Å². The monoisotopic (exact) mass is 97.1 g/mol. The Morgan fingerprint density at radius 3 is 2.29 bits per heavy atom. The van der Waals surface area contributed by atoms with Crippen LogP contribution in [0.3, 0.4) is 0 Å². The third-order valence-corrected chi connectivity index (χ3v) is 0.368. The zero-order chi connectivity index (χ0) is 5.70. The van der Waals surface area contributed by atoms with Crippen LogP contribution in [0.1, 0.15) is 13.8 Å². The van der Waals surface area contributed by atoms with Crippen LogP contribution in [0.15, 0.2) is 4.99 Å². The van der Waals surface area contributed by atoms with Crippen molar-refractivity contribution in [2.45, 2.75) is 19.9 Å². The number of aliphatic imine (C=N–C) groups is 1. The van der Waals surface area contributed by atoms with Gasteiger partial charge in [-0.05, 0) is 13.8 Å². The Morgan fingerprint density at radius 2 is 2.14 bits per heavy atom. The summed E-state index contributed by atoms with van der Waals surface area (Å²) in [6.07, 6.45) is 3.50. The molecule has 0 N–H and O–H groups in total. The molecule has 2 radical (unpaired) electrons. The smallest absolute Gasteiger partial charge is 0.255 e. The number of hydrogen-bond donors (Lipinski definition) is 0. The van der Waals surface area contributed by atoms with Crippen molar-refractivity contribution >= 4 is 12.5 Å². The molecule has 0 atom stereocenters. The minimum Gasteiger partial charge on any atom is -0.283 e. The first kappa shape index (κ1) is 6.34. The SMILES string of the molecule is CC(C)/N=[C]\[C]=O. The molecule has 0 saturated heterocycles. The maximum Gasteiger partial charge on any atom is 0.255 e. The maximum atomic E-state index is 9.38. The van der Waals surface area contributed by atoms with E-state index in [4.69, 9.17) is 0 Å². The standard InChI is InChI=1S/C5H7NO/c1-5(2)6-3-4-7/h5H,1-2H3. The Morgan fingerprint density at radius 1 is 1.57 bits per heavy atom. The molecule has 2 heteroatoms. The average molecular weight is 97.1 g/mol. The zero-order valence-electron chi connectivity index (χ0n) is 4.43. The van der Waals surface area contributed by atoms with Crippen molar-refractivity contribution in [3.05, 3.63) is 0 Å². The van der Waals surface area contributed by atoms with E-state index >= 15 is 0 Å². The van der Waals surface area contributed by atoms with E-state index in [1.54, 1.807) is 0 Å². The summed E-state index contributed by atoms with van der Waals surface area (Å²) < 4.78 is 0. The summed E-state index contributed by atoms with van der Waals surface area (Å²) in [5.74, 6) is 0. The van der Waals surface area contributed by atoms with Crippen molar-refractivity contribution in [1.82, 2.24) is 0 Å². The lowest BCUT2D eigenvalue weighted by molar-refractivity contribution is 0.567. The summed E-state index contributed by atoms with van der Waals surface area (Å²) in [6.45, 7) is 3.73. The van der Waals surface area contributed by atoms with Crippen LogP contribution in [0, 0.1) is 0 Å². The van der Waals surface area contributed by atoms with Gasteiger partial charge in [-0.3, -0.25) is 9.79 Å². The fourth-order valence-electron chi connectivity index (χ4n) is 0.155. The number of rotatable bonds is 2. The highest BCUT2D eigenvalue weighted by atomic mass is 16.1. The summed E-state index contributed by atoms with van der Waals surface area (Å²) in [5, 5.41) is 0. The van der Waals surface area contributed by atoms with Gasteiger partial charge in [0.2, 0.25) is 0 Å². The largest absolute Gasteiger partial charge is 0.283 e. The van der Waals surface area contributed by atoms with Gasteiger partial charge in [-0.2, -0.15) is 0 Å². The third-order valence-electron chi connectivity index (χ3n) is 0.368. The second-order valence-corrected chi connectivity index (χ2v) is 1.44. The molecule has 0 aliphatic rings. The predicted molar refractivity (Wildman–Crippen MR) is 28.3 cm³/mol. The summed E-state index contributed by atoms with van der Waals surface area (Å²) in [7, 11) is 0. The molecule has 7 heavy (non-hydrogen) atoms. The highest BCUT2D eigenvalue weighted by Gasteiger charge is 1.80. The fraction of sp³-hybridized carbons (Fsp3) is 0.600. The minimum atomic E-state index is 0.154. The molecular weight excluding hydrogens is 90.1 g/mol. The molecular formula is C5H7NO. The lowest BCUT2D eigenvalue weighted by Gasteiger charge is -1.86. The summed E-state index contributed by atoms with van der Waals surface area (Å²) in [4.78, 5) is 12.9. The van der Waals surface area contributed by atoms with Crippen molar-refractivity contribution in [2.75, 3.05) is 0 Å². The van der Waals surface area contributed by atoms with Gasteiger partial charge in [-0.25, -0.2) is 0 Å². The van der Waals surface area contributed by atoms with Crippen LogP contribution in [-0.4, -0.2) is 18.5 Å². The van der Waals surface area contributed by atoms with Crippen LogP contribution >= 0.6 is 0 Å². The van der Waals surface area contributed by atoms with Gasteiger partial charge in [-0.1, -0.05) is 0 Å². The molecule has 0 aliphatic carbocycles. The van der Waals surface area contributed by atoms with Crippen LogP contribution in [0.4, 0.5) is 0 Å². The third kappa shape index (κ3) is 5.34. The van der Waals surface area contributed by atoms with E-state index < -0.39 is 0 Å². The topological polar surface area (TPSA) is 29.4 Å². The van der Waals surface area contributed by atoms with Crippen molar-refractivity contribution in [3.63, 3.8) is 0 Å². The Labute approximate surface area is 43.3 Å². The average Bonchev–Trinajstić information content (AvgIpc) is 1.61. The second kappa shape index (κ2) is 3.53. The maximum absolute atomic E-state index is 9.38. The molecule has 0 unspecified atom stereocenters. The van der Waals surface area contributed by atoms with Crippen LogP contribution < -0.4 is 0 Å². The quantitative estimate of drug-likeness (QED) is 0.460. The van der Waals surface area contributed by atoms with Crippen LogP contribution in [-0.2, 0) is 4.79 Å². The number of nitrogens with zero attached hydrogens (tertiary/aromatic N) is 1. The number of hydrogen-bond acceptors (Lipinski definition) is 2. The van der Waals surface area contributed by atoms with E-state index in [2.05, 4.69) is 11.2 Å². The van der Waals surface area contributed by atoms with E-state index in [-0.39, 0.29) is 6.04 Å². The molecule has 38 valence electrons. The molecule has 0 aromatic heterocycles. The van der Waals surface area contributed by atoms with Crippen molar-refractivity contribution in [2.24, 2.45) is 4.99 Å². The van der Waals surface area contributed by atoms with Gasteiger partial charge < -0.3 is 0 Å². The highest BCUT2D eigenvalue weighted by molar-refractivity contribution is 6.13. The van der Waals surface area contributed by atoms with Gasteiger partial charge in [0.25, 0.3) is 6.29 Å². The molecule has 0 saturated carbocycles. The summed E-state index contributed by atoms with van der Waals surface area (Å²) in [5.41, 5.74) is 0. The lowest BCUT2D eigenvalue weighted by atomic mass is 10.4. The lowest BCUT2D eigenvalue weighted by Crippen LogP contribution is -1.88. The fourth-order valence-corrected chi connectivity index (χ4v) is 0.155. The molecule has 0 amide bonds. The zero-order valence-corrected chi connectivity index (χ0v) is 4.43. The molecule has 0 aliphatic heterocycles. The van der Waals surface area contributed by atoms with Crippen LogP contribution in [0.25, 0.3) is 0 Å². The minimum absolute atomic E-state index is 0.154. The molecule has 2 nitrogen and oxygen atoms in total. The van der Waals surface area contributed by atoms with Gasteiger partial charge >= 0.3 is 0 Å². The summed E-state index contributed by atoms with van der Waals surface area (Å²) >= 11 is 0. The Hall–Kier alpha value is -0.660. The second-order valence-electron chi connectivity index (χ2n) is 1.44.